The molecule has 0 saturated carbocycles. The van der Waals surface area contributed by atoms with Crippen molar-refractivity contribution in [3.05, 3.63) is 71.8 Å². The van der Waals surface area contributed by atoms with E-state index in [4.69, 9.17) is 8.94 Å². The first-order valence-electron chi connectivity index (χ1n) is 10.6. The molecule has 5 rings (SSSR count). The van der Waals surface area contributed by atoms with Crippen molar-refractivity contribution in [1.82, 2.24) is 20.3 Å². The monoisotopic (exact) mass is 415 g/mol. The molecule has 0 atom stereocenters. The molecule has 7 heteroatoms. The van der Waals surface area contributed by atoms with Crippen LogP contribution in [0.15, 0.2) is 63.5 Å². The van der Waals surface area contributed by atoms with Crippen LogP contribution >= 0.6 is 0 Å². The summed E-state index contributed by atoms with van der Waals surface area (Å²) >= 11 is 0. The van der Waals surface area contributed by atoms with E-state index in [1.807, 2.05) is 37.3 Å². The zero-order chi connectivity index (χ0) is 21.2. The Morgan fingerprint density at radius 1 is 0.871 bits per heavy atom. The van der Waals surface area contributed by atoms with Gasteiger partial charge < -0.3 is 13.8 Å². The Kier molecular flexibility index (Phi) is 5.26. The number of hydrogen-bond donors (Lipinski definition) is 0. The maximum absolute atomic E-state index is 6.03. The summed E-state index contributed by atoms with van der Waals surface area (Å²) in [6.07, 6.45) is 0. The second kappa shape index (κ2) is 8.35. The maximum Gasteiger partial charge on any atom is 0.253 e. The van der Waals surface area contributed by atoms with Crippen LogP contribution < -0.4 is 4.90 Å². The van der Waals surface area contributed by atoms with Gasteiger partial charge in [0, 0.05) is 37.4 Å². The van der Waals surface area contributed by atoms with Crippen LogP contribution in [0.5, 0.6) is 0 Å². The Hall–Kier alpha value is -3.45. The van der Waals surface area contributed by atoms with Crippen LogP contribution in [0.1, 0.15) is 17.2 Å². The first kappa shape index (κ1) is 19.5. The molecule has 1 aliphatic rings. The largest absolute Gasteiger partial charge is 0.419 e. The van der Waals surface area contributed by atoms with Crippen molar-refractivity contribution in [3.8, 4) is 22.7 Å². The van der Waals surface area contributed by atoms with E-state index in [9.17, 15) is 0 Å². The molecular formula is C24H25N5O2. The van der Waals surface area contributed by atoms with Gasteiger partial charge in [-0.25, -0.2) is 0 Å². The summed E-state index contributed by atoms with van der Waals surface area (Å²) in [5.41, 5.74) is 5.07. The van der Waals surface area contributed by atoms with Crippen LogP contribution in [-0.4, -0.2) is 46.4 Å². The van der Waals surface area contributed by atoms with Gasteiger partial charge in [0.25, 0.3) is 5.89 Å². The summed E-state index contributed by atoms with van der Waals surface area (Å²) < 4.78 is 11.5. The predicted molar refractivity (Wildman–Crippen MR) is 119 cm³/mol. The number of rotatable bonds is 5. The number of nitrogens with zero attached hydrogens (tertiary/aromatic N) is 5. The van der Waals surface area contributed by atoms with E-state index in [0.29, 0.717) is 24.1 Å². The van der Waals surface area contributed by atoms with Crippen molar-refractivity contribution in [2.75, 3.05) is 31.1 Å². The Bertz CT molecular complexity index is 1160. The molecule has 31 heavy (non-hydrogen) atoms. The third-order valence-corrected chi connectivity index (χ3v) is 5.78. The van der Waals surface area contributed by atoms with Gasteiger partial charge in [0.2, 0.25) is 5.89 Å². The lowest BCUT2D eigenvalue weighted by Gasteiger charge is -2.36. The van der Waals surface area contributed by atoms with Gasteiger partial charge in [0.1, 0.15) is 17.0 Å². The number of benzene rings is 2. The molecule has 158 valence electrons. The summed E-state index contributed by atoms with van der Waals surface area (Å²) in [5, 5.41) is 12.8. The molecule has 0 aliphatic carbocycles. The fourth-order valence-electron chi connectivity index (χ4n) is 4.09. The molecule has 0 bridgehead atoms. The molecule has 4 aromatic rings. The molecule has 2 aromatic heterocycles. The first-order valence-corrected chi connectivity index (χ1v) is 10.6. The zero-order valence-corrected chi connectivity index (χ0v) is 17.8. The fourth-order valence-corrected chi connectivity index (χ4v) is 4.09. The first-order chi connectivity index (χ1) is 15.2. The van der Waals surface area contributed by atoms with Crippen LogP contribution in [0.2, 0.25) is 0 Å². The van der Waals surface area contributed by atoms with E-state index in [2.05, 4.69) is 56.3 Å². The van der Waals surface area contributed by atoms with Gasteiger partial charge in [-0.1, -0.05) is 53.7 Å². The van der Waals surface area contributed by atoms with Crippen molar-refractivity contribution in [3.63, 3.8) is 0 Å². The number of aryl methyl sites for hydroxylation is 2. The van der Waals surface area contributed by atoms with Gasteiger partial charge in [-0.2, -0.15) is 0 Å². The van der Waals surface area contributed by atoms with E-state index in [-0.39, 0.29) is 0 Å². The van der Waals surface area contributed by atoms with Crippen LogP contribution in [-0.2, 0) is 6.54 Å². The minimum absolute atomic E-state index is 0.450. The molecule has 0 unspecified atom stereocenters. The number of para-hydroxylation sites is 1. The predicted octanol–water partition coefficient (Wildman–Crippen LogP) is 4.33. The highest BCUT2D eigenvalue weighted by atomic mass is 16.5. The molecule has 7 nitrogen and oxygen atoms in total. The Morgan fingerprint density at radius 3 is 2.39 bits per heavy atom. The summed E-state index contributed by atoms with van der Waals surface area (Å²) in [7, 11) is 0. The zero-order valence-electron chi connectivity index (χ0n) is 17.8. The molecule has 0 N–H and O–H groups in total. The van der Waals surface area contributed by atoms with Crippen LogP contribution in [0.25, 0.3) is 22.7 Å². The van der Waals surface area contributed by atoms with Crippen LogP contribution in [0.3, 0.4) is 0 Å². The molecule has 1 saturated heterocycles. The normalized spacial score (nSPS) is 14.8. The van der Waals surface area contributed by atoms with Gasteiger partial charge in [0.15, 0.2) is 0 Å². The Balaban J connectivity index is 1.28. The number of piperazine rings is 1. The smallest absolute Gasteiger partial charge is 0.253 e. The average molecular weight is 415 g/mol. The molecule has 2 aromatic carbocycles. The number of aromatic nitrogens is 3. The van der Waals surface area contributed by atoms with E-state index >= 15 is 0 Å². The molecule has 0 spiro atoms. The summed E-state index contributed by atoms with van der Waals surface area (Å²) in [5.74, 6) is 1.73. The highest BCUT2D eigenvalue weighted by Crippen LogP contribution is 2.33. The molecule has 1 fully saturated rings. The van der Waals surface area contributed by atoms with Gasteiger partial charge in [-0.3, -0.25) is 4.90 Å². The quantitative estimate of drug-likeness (QED) is 0.480. The van der Waals surface area contributed by atoms with Crippen molar-refractivity contribution < 1.29 is 8.94 Å². The fraction of sp³-hybridized carbons (Fsp3) is 0.292. The third kappa shape index (κ3) is 3.96. The molecular weight excluding hydrogens is 390 g/mol. The van der Waals surface area contributed by atoms with E-state index < -0.39 is 0 Å². The average Bonchev–Trinajstić information content (AvgIpc) is 3.41. The van der Waals surface area contributed by atoms with E-state index in [1.165, 1.54) is 11.3 Å². The summed E-state index contributed by atoms with van der Waals surface area (Å²) in [4.78, 5) is 4.79. The highest BCUT2D eigenvalue weighted by Gasteiger charge is 2.24. The van der Waals surface area contributed by atoms with Crippen molar-refractivity contribution in [1.29, 1.82) is 0 Å². The highest BCUT2D eigenvalue weighted by molar-refractivity contribution is 5.77. The van der Waals surface area contributed by atoms with Gasteiger partial charge in [-0.15, -0.1) is 10.2 Å². The van der Waals surface area contributed by atoms with Gasteiger partial charge >= 0.3 is 0 Å². The SMILES string of the molecule is Cc1ccccc1N1CCN(Cc2nnc(-c3c(-c4ccccc4)noc3C)o2)CC1. The molecule has 0 amide bonds. The number of anilines is 1. The minimum Gasteiger partial charge on any atom is -0.419 e. The Morgan fingerprint density at radius 2 is 1.61 bits per heavy atom. The molecule has 3 heterocycles. The lowest BCUT2D eigenvalue weighted by atomic mass is 10.1. The van der Waals surface area contributed by atoms with Crippen LogP contribution in [0.4, 0.5) is 5.69 Å². The molecule has 1 aliphatic heterocycles. The lowest BCUT2D eigenvalue weighted by molar-refractivity contribution is 0.227. The van der Waals surface area contributed by atoms with Gasteiger partial charge in [-0.05, 0) is 25.5 Å². The standard InChI is InChI=1S/C24H25N5O2/c1-17-8-6-7-11-20(17)29-14-12-28(13-15-29)16-21-25-26-24(30-21)22-18(2)31-27-23(22)19-9-4-3-5-10-19/h3-11H,12-16H2,1-2H3. The van der Waals surface area contributed by atoms with Crippen molar-refractivity contribution >= 4 is 5.69 Å². The third-order valence-electron chi connectivity index (χ3n) is 5.78. The van der Waals surface area contributed by atoms with Crippen molar-refractivity contribution in [2.24, 2.45) is 0 Å². The number of hydrogen-bond acceptors (Lipinski definition) is 7. The van der Waals surface area contributed by atoms with Crippen molar-refractivity contribution in [2.45, 2.75) is 20.4 Å². The lowest BCUT2D eigenvalue weighted by Crippen LogP contribution is -2.46. The summed E-state index contributed by atoms with van der Waals surface area (Å²) in [6, 6.07) is 18.4. The van der Waals surface area contributed by atoms with E-state index in [1.54, 1.807) is 0 Å². The second-order valence-electron chi connectivity index (χ2n) is 7.88. The Labute approximate surface area is 181 Å². The second-order valence-corrected chi connectivity index (χ2v) is 7.88. The van der Waals surface area contributed by atoms with Crippen LogP contribution in [0, 0.1) is 13.8 Å². The topological polar surface area (TPSA) is 71.4 Å². The van der Waals surface area contributed by atoms with Gasteiger partial charge in [0.05, 0.1) is 6.54 Å². The maximum atomic E-state index is 6.03. The minimum atomic E-state index is 0.450. The summed E-state index contributed by atoms with van der Waals surface area (Å²) in [6.45, 7) is 8.53. The molecule has 0 radical (unpaired) electrons. The van der Waals surface area contributed by atoms with E-state index in [0.717, 1.165) is 43.0 Å².